The molecule has 5 rings (SSSR count). The molecule has 0 aliphatic heterocycles. The number of carbonyl (C=O) groups excluding carboxylic acids is 1. The molecule has 37 heavy (non-hydrogen) atoms. The van der Waals surface area contributed by atoms with Crippen LogP contribution < -0.4 is 4.72 Å². The van der Waals surface area contributed by atoms with Crippen LogP contribution in [0, 0.1) is 0 Å². The van der Waals surface area contributed by atoms with Gasteiger partial charge in [0.25, 0.3) is 15.9 Å². The first-order valence-corrected chi connectivity index (χ1v) is 13.7. The number of sulfonamides is 1. The van der Waals surface area contributed by atoms with E-state index >= 15 is 0 Å². The number of hydrogen-bond acceptors (Lipinski definition) is 4. The van der Waals surface area contributed by atoms with Gasteiger partial charge in [0, 0.05) is 18.5 Å². The van der Waals surface area contributed by atoms with Crippen LogP contribution in [-0.4, -0.2) is 23.9 Å². The number of carbonyl (C=O) groups is 1. The lowest BCUT2D eigenvalue weighted by atomic mass is 10.0. The summed E-state index contributed by atoms with van der Waals surface area (Å²) < 4.78 is 29.6. The van der Waals surface area contributed by atoms with Gasteiger partial charge in [0.15, 0.2) is 0 Å². The first-order valence-electron chi connectivity index (χ1n) is 12.2. The molecule has 1 N–H and O–H groups in total. The summed E-state index contributed by atoms with van der Waals surface area (Å²) in [5.41, 5.74) is 5.24. The van der Waals surface area contributed by atoms with E-state index in [1.165, 1.54) is 12.1 Å². The Hall–Kier alpha value is -4.23. The van der Waals surface area contributed by atoms with Crippen molar-refractivity contribution in [2.24, 2.45) is 0 Å². The monoisotopic (exact) mass is 509 g/mol. The van der Waals surface area contributed by atoms with Gasteiger partial charge in [-0.2, -0.15) is 0 Å². The van der Waals surface area contributed by atoms with E-state index in [-0.39, 0.29) is 10.5 Å². The van der Waals surface area contributed by atoms with E-state index < -0.39 is 15.9 Å². The molecule has 4 aromatic carbocycles. The minimum Gasteiger partial charge on any atom is -0.323 e. The summed E-state index contributed by atoms with van der Waals surface area (Å²) in [6.07, 6.45) is 1.72. The van der Waals surface area contributed by atoms with Gasteiger partial charge >= 0.3 is 0 Å². The number of hydrogen-bond donors (Lipinski definition) is 1. The summed E-state index contributed by atoms with van der Waals surface area (Å²) in [6, 6.07) is 31.6. The summed E-state index contributed by atoms with van der Waals surface area (Å²) in [5, 5.41) is 0. The van der Waals surface area contributed by atoms with Crippen molar-refractivity contribution in [1.82, 2.24) is 14.3 Å². The summed E-state index contributed by atoms with van der Waals surface area (Å²) in [7, 11) is -3.97. The zero-order chi connectivity index (χ0) is 25.8. The number of nitrogens with zero attached hydrogens (tertiary/aromatic N) is 2. The molecule has 0 bridgehead atoms. The molecule has 0 atom stereocenters. The van der Waals surface area contributed by atoms with Crippen LogP contribution in [0.15, 0.2) is 108 Å². The fourth-order valence-corrected chi connectivity index (χ4v) is 5.36. The minimum atomic E-state index is -3.97. The molecule has 186 valence electrons. The van der Waals surface area contributed by atoms with E-state index in [1.54, 1.807) is 36.4 Å². The molecule has 0 spiro atoms. The summed E-state index contributed by atoms with van der Waals surface area (Å²) >= 11 is 0. The third-order valence-electron chi connectivity index (χ3n) is 6.25. The summed E-state index contributed by atoms with van der Waals surface area (Å²) in [5.74, 6) is 0.252. The van der Waals surface area contributed by atoms with Crippen molar-refractivity contribution in [3.8, 4) is 11.1 Å². The highest BCUT2D eigenvalue weighted by Gasteiger charge is 2.20. The maximum absolute atomic E-state index is 12.9. The van der Waals surface area contributed by atoms with Gasteiger partial charge in [-0.15, -0.1) is 0 Å². The largest absolute Gasteiger partial charge is 0.323 e. The molecule has 0 aliphatic carbocycles. The van der Waals surface area contributed by atoms with E-state index in [4.69, 9.17) is 4.98 Å². The van der Waals surface area contributed by atoms with Crippen molar-refractivity contribution in [3.63, 3.8) is 0 Å². The molecule has 0 aliphatic rings. The van der Waals surface area contributed by atoms with Crippen molar-refractivity contribution >= 4 is 27.0 Å². The van der Waals surface area contributed by atoms with E-state index in [0.717, 1.165) is 46.4 Å². The van der Waals surface area contributed by atoms with E-state index in [1.807, 2.05) is 18.2 Å². The van der Waals surface area contributed by atoms with Crippen LogP contribution in [0.1, 0.15) is 35.1 Å². The second kappa shape index (κ2) is 10.4. The smallest absolute Gasteiger partial charge is 0.265 e. The highest BCUT2D eigenvalue weighted by Crippen LogP contribution is 2.24. The molecule has 1 amide bonds. The first-order chi connectivity index (χ1) is 17.9. The van der Waals surface area contributed by atoms with Gasteiger partial charge < -0.3 is 4.57 Å². The molecule has 7 heteroatoms. The van der Waals surface area contributed by atoms with E-state index in [0.29, 0.717) is 6.54 Å². The Labute approximate surface area is 216 Å². The quantitative estimate of drug-likeness (QED) is 0.286. The fourth-order valence-electron chi connectivity index (χ4n) is 4.36. The Kier molecular flexibility index (Phi) is 6.88. The van der Waals surface area contributed by atoms with Crippen molar-refractivity contribution in [2.75, 3.05) is 0 Å². The SMILES string of the molecule is CCCc1nc2ccc(C(=O)NS(=O)(=O)c3ccccc3)cc2n1Cc1ccc(-c2ccccc2)cc1. The van der Waals surface area contributed by atoms with Crippen LogP contribution in [0.5, 0.6) is 0 Å². The lowest BCUT2D eigenvalue weighted by molar-refractivity contribution is 0.0981. The number of aromatic nitrogens is 2. The molecule has 0 fully saturated rings. The van der Waals surface area contributed by atoms with Crippen molar-refractivity contribution in [1.29, 1.82) is 0 Å². The fraction of sp³-hybridized carbons (Fsp3) is 0.133. The number of imidazole rings is 1. The van der Waals surface area contributed by atoms with Crippen LogP contribution in [0.3, 0.4) is 0 Å². The van der Waals surface area contributed by atoms with Gasteiger partial charge in [-0.05, 0) is 53.4 Å². The van der Waals surface area contributed by atoms with Gasteiger partial charge in [-0.1, -0.05) is 79.7 Å². The Morgan fingerprint density at radius 3 is 2.16 bits per heavy atom. The molecule has 1 aromatic heterocycles. The third kappa shape index (κ3) is 5.32. The van der Waals surface area contributed by atoms with Gasteiger partial charge in [0.2, 0.25) is 0 Å². The lowest BCUT2D eigenvalue weighted by Crippen LogP contribution is -2.30. The molecule has 5 aromatic rings. The third-order valence-corrected chi connectivity index (χ3v) is 7.59. The Morgan fingerprint density at radius 1 is 0.838 bits per heavy atom. The lowest BCUT2D eigenvalue weighted by Gasteiger charge is -2.11. The molecular formula is C30H27N3O3S. The molecule has 0 radical (unpaired) electrons. The highest BCUT2D eigenvalue weighted by atomic mass is 32.2. The number of aryl methyl sites for hydroxylation is 1. The summed E-state index contributed by atoms with van der Waals surface area (Å²) in [6.45, 7) is 2.69. The molecular weight excluding hydrogens is 482 g/mol. The molecule has 0 saturated heterocycles. The Morgan fingerprint density at radius 2 is 1.49 bits per heavy atom. The molecule has 6 nitrogen and oxygen atoms in total. The van der Waals surface area contributed by atoms with Crippen LogP contribution in [0.4, 0.5) is 0 Å². The number of nitrogens with one attached hydrogen (secondary N) is 1. The highest BCUT2D eigenvalue weighted by molar-refractivity contribution is 7.90. The van der Waals surface area contributed by atoms with E-state index in [2.05, 4.69) is 52.6 Å². The van der Waals surface area contributed by atoms with Crippen molar-refractivity contribution in [2.45, 2.75) is 31.2 Å². The Balaban J connectivity index is 1.45. The van der Waals surface area contributed by atoms with Crippen molar-refractivity contribution < 1.29 is 13.2 Å². The number of benzene rings is 4. The zero-order valence-electron chi connectivity index (χ0n) is 20.5. The van der Waals surface area contributed by atoms with Gasteiger partial charge in [-0.3, -0.25) is 4.79 Å². The van der Waals surface area contributed by atoms with E-state index in [9.17, 15) is 13.2 Å². The average Bonchev–Trinajstić information content (AvgIpc) is 3.26. The maximum atomic E-state index is 12.9. The molecule has 0 saturated carbocycles. The maximum Gasteiger partial charge on any atom is 0.265 e. The summed E-state index contributed by atoms with van der Waals surface area (Å²) in [4.78, 5) is 17.8. The number of amides is 1. The van der Waals surface area contributed by atoms with Crippen LogP contribution in [-0.2, 0) is 23.0 Å². The second-order valence-corrected chi connectivity index (χ2v) is 10.6. The van der Waals surface area contributed by atoms with Gasteiger partial charge in [0.1, 0.15) is 5.82 Å². The van der Waals surface area contributed by atoms with Crippen LogP contribution in [0.25, 0.3) is 22.2 Å². The van der Waals surface area contributed by atoms with Gasteiger partial charge in [-0.25, -0.2) is 18.1 Å². The molecule has 1 heterocycles. The van der Waals surface area contributed by atoms with Gasteiger partial charge in [0.05, 0.1) is 15.9 Å². The zero-order valence-corrected chi connectivity index (χ0v) is 21.3. The second-order valence-electron chi connectivity index (χ2n) is 8.88. The molecule has 0 unspecified atom stereocenters. The average molecular weight is 510 g/mol. The first kappa shape index (κ1) is 24.5. The van der Waals surface area contributed by atoms with Crippen LogP contribution in [0.2, 0.25) is 0 Å². The number of rotatable bonds is 8. The normalized spacial score (nSPS) is 11.5. The topological polar surface area (TPSA) is 81.1 Å². The van der Waals surface area contributed by atoms with Crippen LogP contribution >= 0.6 is 0 Å². The predicted molar refractivity (Wildman–Crippen MR) is 146 cm³/mol. The predicted octanol–water partition coefficient (Wildman–Crippen LogP) is 5.82. The van der Waals surface area contributed by atoms with Crippen molar-refractivity contribution in [3.05, 3.63) is 120 Å². The number of fused-ring (bicyclic) bond motifs is 1. The Bertz CT molecular complexity index is 1640. The minimum absolute atomic E-state index is 0.0404. The standard InChI is InChI=1S/C30H27N3O3S/c1-2-9-29-31-27-19-18-25(30(34)32-37(35,36)26-12-7-4-8-13-26)20-28(27)33(29)21-22-14-16-24(17-15-22)23-10-5-3-6-11-23/h3-8,10-20H,2,9,21H2,1H3,(H,32,34).